The van der Waals surface area contributed by atoms with Crippen LogP contribution < -0.4 is 4.74 Å². The molecule has 1 heterocycles. The molecule has 0 saturated heterocycles. The molecule has 0 spiro atoms. The van der Waals surface area contributed by atoms with E-state index < -0.39 is 5.97 Å². The summed E-state index contributed by atoms with van der Waals surface area (Å²) in [4.78, 5) is 12.1. The molecule has 1 aromatic heterocycles. The molecule has 0 N–H and O–H groups in total. The summed E-state index contributed by atoms with van der Waals surface area (Å²) in [5.41, 5.74) is 2.43. The largest absolute Gasteiger partial charge is 0.503 e. The Kier molecular flexibility index (Phi) is 4.75. The van der Waals surface area contributed by atoms with Crippen molar-refractivity contribution in [3.8, 4) is 17.1 Å². The normalized spacial score (nSPS) is 11.4. The first kappa shape index (κ1) is 16.6. The zero-order valence-electron chi connectivity index (χ0n) is 14.2. The second-order valence-corrected chi connectivity index (χ2v) is 5.32. The van der Waals surface area contributed by atoms with Crippen LogP contribution in [0.1, 0.15) is 5.56 Å². The number of fused-ring (bicyclic) bond motifs is 1. The Morgan fingerprint density at radius 3 is 2.44 bits per heavy atom. The lowest BCUT2D eigenvalue weighted by molar-refractivity contribution is -0.133. The first-order valence-corrected chi connectivity index (χ1v) is 7.66. The van der Waals surface area contributed by atoms with Crippen LogP contribution in [-0.4, -0.2) is 27.3 Å². The van der Waals surface area contributed by atoms with E-state index in [1.165, 1.54) is 20.5 Å². The van der Waals surface area contributed by atoms with Gasteiger partial charge in [-0.05, 0) is 30.3 Å². The maximum Gasteiger partial charge on any atom is 0.341 e. The van der Waals surface area contributed by atoms with Gasteiger partial charge in [0.2, 0.25) is 0 Å². The summed E-state index contributed by atoms with van der Waals surface area (Å²) in [5.74, 6) is 0.986. The van der Waals surface area contributed by atoms with Gasteiger partial charge in [0.25, 0.3) is 0 Å². The summed E-state index contributed by atoms with van der Waals surface area (Å²) in [7, 11) is 4.43. The topological polar surface area (TPSA) is 57.9 Å². The minimum Gasteiger partial charge on any atom is -0.503 e. The van der Waals surface area contributed by atoms with Crippen LogP contribution >= 0.6 is 0 Å². The van der Waals surface area contributed by atoms with E-state index in [-0.39, 0.29) is 0 Å². The Labute approximate surface area is 145 Å². The zero-order chi connectivity index (χ0) is 17.8. The Bertz CT molecular complexity index is 919. The van der Waals surface area contributed by atoms with E-state index in [2.05, 4.69) is 0 Å². The highest BCUT2D eigenvalue weighted by Crippen LogP contribution is 2.33. The minimum absolute atomic E-state index is 0.297. The molecule has 0 bridgehead atoms. The molecule has 5 heteroatoms. The second kappa shape index (κ2) is 7.13. The Morgan fingerprint density at radius 1 is 1.04 bits per heavy atom. The van der Waals surface area contributed by atoms with Crippen molar-refractivity contribution >= 4 is 22.5 Å². The van der Waals surface area contributed by atoms with E-state index in [0.717, 1.165) is 16.7 Å². The van der Waals surface area contributed by atoms with Gasteiger partial charge < -0.3 is 18.6 Å². The molecule has 0 aliphatic carbocycles. The van der Waals surface area contributed by atoms with Crippen LogP contribution in [-0.2, 0) is 14.3 Å². The van der Waals surface area contributed by atoms with Crippen LogP contribution in [0.25, 0.3) is 27.9 Å². The molecule has 0 aliphatic heterocycles. The molecule has 128 valence electrons. The fraction of sp³-hybridized carbons (Fsp3) is 0.150. The van der Waals surface area contributed by atoms with Crippen LogP contribution in [0.3, 0.4) is 0 Å². The van der Waals surface area contributed by atoms with Crippen LogP contribution in [0.2, 0.25) is 0 Å². The fourth-order valence-corrected chi connectivity index (χ4v) is 2.62. The van der Waals surface area contributed by atoms with Crippen LogP contribution in [0.4, 0.5) is 0 Å². The van der Waals surface area contributed by atoms with Gasteiger partial charge in [-0.25, -0.2) is 4.79 Å². The maximum absolute atomic E-state index is 12.1. The Balaban J connectivity index is 2.11. The van der Waals surface area contributed by atoms with Gasteiger partial charge in [0.05, 0.1) is 27.6 Å². The SMILES string of the molecule is CO/C=C(/C(=O)OC)c1cccc2cc(-c3ccc(OC)cc3)oc12. The summed E-state index contributed by atoms with van der Waals surface area (Å²) in [5, 5.41) is 0.884. The van der Waals surface area contributed by atoms with E-state index >= 15 is 0 Å². The molecule has 2 aromatic carbocycles. The summed E-state index contributed by atoms with van der Waals surface area (Å²) < 4.78 is 21.1. The molecule has 0 atom stereocenters. The van der Waals surface area contributed by atoms with Gasteiger partial charge in [0.1, 0.15) is 22.7 Å². The molecule has 25 heavy (non-hydrogen) atoms. The molecule has 0 fully saturated rings. The first-order chi connectivity index (χ1) is 12.2. The molecule has 0 unspecified atom stereocenters. The Morgan fingerprint density at radius 2 is 1.80 bits per heavy atom. The van der Waals surface area contributed by atoms with Gasteiger partial charge in [-0.1, -0.05) is 18.2 Å². The summed E-state index contributed by atoms with van der Waals surface area (Å²) in [6.07, 6.45) is 1.36. The quantitative estimate of drug-likeness (QED) is 0.395. The highest BCUT2D eigenvalue weighted by molar-refractivity contribution is 6.19. The van der Waals surface area contributed by atoms with Crippen molar-refractivity contribution in [1.82, 2.24) is 0 Å². The van der Waals surface area contributed by atoms with Crippen molar-refractivity contribution in [2.45, 2.75) is 0 Å². The number of para-hydroxylation sites is 1. The number of furan rings is 1. The van der Waals surface area contributed by atoms with Gasteiger partial charge in [-0.2, -0.15) is 0 Å². The number of carbonyl (C=O) groups is 1. The molecule has 5 nitrogen and oxygen atoms in total. The molecule has 3 rings (SSSR count). The van der Waals surface area contributed by atoms with E-state index in [9.17, 15) is 4.79 Å². The summed E-state index contributed by atoms with van der Waals surface area (Å²) in [6.45, 7) is 0. The number of benzene rings is 2. The number of hydrogen-bond acceptors (Lipinski definition) is 5. The van der Waals surface area contributed by atoms with Crippen LogP contribution in [0.5, 0.6) is 5.75 Å². The maximum atomic E-state index is 12.1. The number of methoxy groups -OCH3 is 3. The van der Waals surface area contributed by atoms with Crippen molar-refractivity contribution in [2.75, 3.05) is 21.3 Å². The van der Waals surface area contributed by atoms with Crippen molar-refractivity contribution in [2.24, 2.45) is 0 Å². The van der Waals surface area contributed by atoms with E-state index in [4.69, 9.17) is 18.6 Å². The predicted octanol–water partition coefficient (Wildman–Crippen LogP) is 4.27. The zero-order valence-corrected chi connectivity index (χ0v) is 14.2. The van der Waals surface area contributed by atoms with Crippen LogP contribution in [0, 0.1) is 0 Å². The molecule has 3 aromatic rings. The van der Waals surface area contributed by atoms with Gasteiger partial charge in [-0.3, -0.25) is 0 Å². The lowest BCUT2D eigenvalue weighted by atomic mass is 10.0. The number of ether oxygens (including phenoxy) is 3. The summed E-state index contributed by atoms with van der Waals surface area (Å²) in [6, 6.07) is 15.1. The predicted molar refractivity (Wildman–Crippen MR) is 95.2 cm³/mol. The van der Waals surface area contributed by atoms with Crippen molar-refractivity contribution in [3.63, 3.8) is 0 Å². The molecule has 0 radical (unpaired) electrons. The van der Waals surface area contributed by atoms with Crippen molar-refractivity contribution in [3.05, 3.63) is 60.4 Å². The number of hydrogen-bond donors (Lipinski definition) is 0. The van der Waals surface area contributed by atoms with Crippen molar-refractivity contribution in [1.29, 1.82) is 0 Å². The first-order valence-electron chi connectivity index (χ1n) is 7.66. The van der Waals surface area contributed by atoms with E-state index in [1.807, 2.05) is 42.5 Å². The number of esters is 1. The monoisotopic (exact) mass is 338 g/mol. The molecular formula is C20H18O5. The standard InChI is InChI=1S/C20H18O5/c1-22-12-17(20(21)24-3)16-6-4-5-14-11-18(25-19(14)16)13-7-9-15(23-2)10-8-13/h4-12H,1-3H3/b17-12+. The van der Waals surface area contributed by atoms with Crippen molar-refractivity contribution < 1.29 is 23.4 Å². The Hall–Kier alpha value is -3.21. The lowest BCUT2D eigenvalue weighted by Gasteiger charge is -2.06. The van der Waals surface area contributed by atoms with E-state index in [0.29, 0.717) is 22.5 Å². The van der Waals surface area contributed by atoms with Gasteiger partial charge in [0, 0.05) is 16.5 Å². The van der Waals surface area contributed by atoms with Crippen LogP contribution in [0.15, 0.2) is 59.2 Å². The average Bonchev–Trinajstić information content (AvgIpc) is 3.10. The van der Waals surface area contributed by atoms with E-state index in [1.54, 1.807) is 13.2 Å². The average molecular weight is 338 g/mol. The number of carbonyl (C=O) groups excluding carboxylic acids is 1. The minimum atomic E-state index is -0.489. The van der Waals surface area contributed by atoms with Gasteiger partial charge in [0.15, 0.2) is 0 Å². The lowest BCUT2D eigenvalue weighted by Crippen LogP contribution is -2.04. The fourth-order valence-electron chi connectivity index (χ4n) is 2.62. The van der Waals surface area contributed by atoms with Gasteiger partial charge >= 0.3 is 5.97 Å². The molecule has 0 amide bonds. The third kappa shape index (κ3) is 3.21. The highest BCUT2D eigenvalue weighted by Gasteiger charge is 2.19. The third-order valence-electron chi connectivity index (χ3n) is 3.85. The van der Waals surface area contributed by atoms with Gasteiger partial charge in [-0.15, -0.1) is 0 Å². The molecule has 0 aliphatic rings. The highest BCUT2D eigenvalue weighted by atomic mass is 16.5. The second-order valence-electron chi connectivity index (χ2n) is 5.32. The number of rotatable bonds is 5. The third-order valence-corrected chi connectivity index (χ3v) is 3.85. The summed E-state index contributed by atoms with van der Waals surface area (Å²) >= 11 is 0. The smallest absolute Gasteiger partial charge is 0.341 e. The molecular weight excluding hydrogens is 320 g/mol. The molecule has 0 saturated carbocycles.